The van der Waals surface area contributed by atoms with E-state index in [1.54, 1.807) is 0 Å². The highest BCUT2D eigenvalue weighted by molar-refractivity contribution is 5.41. The number of aliphatic hydroxyl groups is 4. The van der Waals surface area contributed by atoms with Crippen LogP contribution in [0.15, 0.2) is 130 Å². The number of hydrogen-bond acceptors (Lipinski definition) is 4. The van der Waals surface area contributed by atoms with Crippen molar-refractivity contribution in [2.24, 2.45) is 10.8 Å². The number of rotatable bonds is 10. The molecule has 0 aromatic carbocycles. The van der Waals surface area contributed by atoms with Gasteiger partial charge in [-0.25, -0.2) is 0 Å². The van der Waals surface area contributed by atoms with Gasteiger partial charge in [0.25, 0.3) is 0 Å². The second-order valence-electron chi connectivity index (χ2n) is 13.8. The molecule has 0 fully saturated rings. The third kappa shape index (κ3) is 10.9. The zero-order valence-corrected chi connectivity index (χ0v) is 28.6. The maximum absolute atomic E-state index is 10.3. The Kier molecular flexibility index (Phi) is 13.8. The molecule has 0 amide bonds. The van der Waals surface area contributed by atoms with Crippen LogP contribution in [0.25, 0.3) is 0 Å². The van der Waals surface area contributed by atoms with E-state index in [0.29, 0.717) is 12.8 Å². The molecule has 0 aromatic heterocycles. The predicted octanol–water partition coefficient (Wildman–Crippen LogP) is 8.49. The summed E-state index contributed by atoms with van der Waals surface area (Å²) in [5, 5.41) is 40.8. The average Bonchev–Trinajstić information content (AvgIpc) is 2.92. The molecule has 0 aromatic rings. The van der Waals surface area contributed by atoms with Gasteiger partial charge in [-0.15, -0.1) is 0 Å². The van der Waals surface area contributed by atoms with Crippen molar-refractivity contribution >= 4 is 0 Å². The van der Waals surface area contributed by atoms with Crippen LogP contribution in [0.5, 0.6) is 0 Å². The minimum absolute atomic E-state index is 0.182. The zero-order chi connectivity index (χ0) is 33.2. The normalized spacial score (nSPS) is 27.9. The molecule has 0 heterocycles. The molecule has 4 atom stereocenters. The lowest BCUT2D eigenvalue weighted by Gasteiger charge is -2.38. The van der Waals surface area contributed by atoms with Crippen molar-refractivity contribution in [2.45, 2.75) is 106 Å². The van der Waals surface area contributed by atoms with Crippen molar-refractivity contribution in [3.63, 3.8) is 0 Å². The summed E-state index contributed by atoms with van der Waals surface area (Å²) in [6.07, 6.45) is 26.9. The summed E-state index contributed by atoms with van der Waals surface area (Å²) in [4.78, 5) is 0. The monoisotopic (exact) mass is 600 g/mol. The number of aliphatic hydroxyl groups excluding tert-OH is 4. The van der Waals surface area contributed by atoms with E-state index in [2.05, 4.69) is 116 Å². The zero-order valence-electron chi connectivity index (χ0n) is 28.6. The second kappa shape index (κ2) is 16.3. The first-order chi connectivity index (χ1) is 20.5. The minimum Gasteiger partial charge on any atom is -0.390 e. The van der Waals surface area contributed by atoms with Gasteiger partial charge >= 0.3 is 0 Å². The van der Waals surface area contributed by atoms with Crippen molar-refractivity contribution in [2.75, 3.05) is 0 Å². The van der Waals surface area contributed by atoms with E-state index in [0.717, 1.165) is 44.6 Å². The summed E-state index contributed by atoms with van der Waals surface area (Å²) in [6.45, 7) is 20.5. The van der Waals surface area contributed by atoms with E-state index >= 15 is 0 Å². The van der Waals surface area contributed by atoms with Gasteiger partial charge in [-0.3, -0.25) is 0 Å². The number of hydrogen-bond donors (Lipinski definition) is 4. The van der Waals surface area contributed by atoms with E-state index in [1.807, 2.05) is 38.2 Å². The molecule has 0 saturated heterocycles. The third-order valence-electron chi connectivity index (χ3n) is 8.65. The molecule has 0 spiro atoms. The standard InChI is InChI=1S/C40H56O4/c1-27(17-13-19-29(3)21-23-33-31(5)37(43)35(41)25-39(33,7)8)15-11-12-16-28(2)18-14-20-30(4)22-24-34-32(6)38(44)36(42)26-40(34,9)10/h11-24,35-38,41-44H,25-26H2,1-10H3/b12-11+,17-13+,18-14+,23-21+,24-22+,27-15+,28-16+,29-19+,30-20+/t35-,36-,37-,38-/m1/s1. The molecule has 0 aliphatic heterocycles. The molecular weight excluding hydrogens is 544 g/mol. The molecule has 240 valence electrons. The van der Waals surface area contributed by atoms with Crippen LogP contribution in [0.4, 0.5) is 0 Å². The molecule has 0 unspecified atom stereocenters. The molecule has 4 nitrogen and oxygen atoms in total. The summed E-state index contributed by atoms with van der Waals surface area (Å²) in [5.41, 5.74) is 7.98. The van der Waals surface area contributed by atoms with Gasteiger partial charge in [-0.05, 0) is 87.5 Å². The Morgan fingerprint density at radius 1 is 0.523 bits per heavy atom. The molecular formula is C40H56O4. The first kappa shape index (κ1) is 37.2. The third-order valence-corrected chi connectivity index (χ3v) is 8.65. The summed E-state index contributed by atoms with van der Waals surface area (Å²) in [5.74, 6) is 0. The maximum atomic E-state index is 10.3. The predicted molar refractivity (Wildman–Crippen MR) is 187 cm³/mol. The smallest absolute Gasteiger partial charge is 0.101 e. The second-order valence-corrected chi connectivity index (χ2v) is 13.8. The first-order valence-corrected chi connectivity index (χ1v) is 15.7. The molecule has 0 radical (unpaired) electrons. The Hall–Kier alpha value is -3.02. The van der Waals surface area contributed by atoms with Crippen molar-refractivity contribution in [1.29, 1.82) is 0 Å². The highest BCUT2D eigenvalue weighted by atomic mass is 16.3. The van der Waals surface area contributed by atoms with Gasteiger partial charge < -0.3 is 20.4 Å². The Bertz CT molecular complexity index is 1260. The lowest BCUT2D eigenvalue weighted by Crippen LogP contribution is -2.39. The van der Waals surface area contributed by atoms with E-state index in [1.165, 1.54) is 0 Å². The fourth-order valence-corrected chi connectivity index (χ4v) is 5.94. The Balaban J connectivity index is 1.94. The van der Waals surface area contributed by atoms with Crippen LogP contribution in [-0.2, 0) is 0 Å². The summed E-state index contributed by atoms with van der Waals surface area (Å²) in [6, 6.07) is 0. The van der Waals surface area contributed by atoms with Gasteiger partial charge in [-0.2, -0.15) is 0 Å². The molecule has 2 rings (SSSR count). The largest absolute Gasteiger partial charge is 0.390 e. The Morgan fingerprint density at radius 2 is 0.818 bits per heavy atom. The van der Waals surface area contributed by atoms with Gasteiger partial charge in [-0.1, -0.05) is 135 Å². The lowest BCUT2D eigenvalue weighted by molar-refractivity contribution is 0.00681. The molecule has 4 N–H and O–H groups in total. The molecule has 4 heteroatoms. The first-order valence-electron chi connectivity index (χ1n) is 15.7. The molecule has 2 aliphatic carbocycles. The van der Waals surface area contributed by atoms with Crippen LogP contribution in [0.1, 0.15) is 82.1 Å². The molecule has 0 bridgehead atoms. The fourth-order valence-electron chi connectivity index (χ4n) is 5.94. The van der Waals surface area contributed by atoms with Crippen LogP contribution in [0, 0.1) is 10.8 Å². The van der Waals surface area contributed by atoms with Gasteiger partial charge in [0.05, 0.1) is 12.2 Å². The van der Waals surface area contributed by atoms with Crippen LogP contribution in [-0.4, -0.2) is 44.8 Å². The van der Waals surface area contributed by atoms with E-state index in [4.69, 9.17) is 0 Å². The van der Waals surface area contributed by atoms with Crippen molar-refractivity contribution in [3.05, 3.63) is 130 Å². The van der Waals surface area contributed by atoms with Gasteiger partial charge in [0.1, 0.15) is 12.2 Å². The van der Waals surface area contributed by atoms with Gasteiger partial charge in [0.15, 0.2) is 0 Å². The highest BCUT2D eigenvalue weighted by Crippen LogP contribution is 2.42. The average molecular weight is 601 g/mol. The van der Waals surface area contributed by atoms with Crippen molar-refractivity contribution in [3.8, 4) is 0 Å². The minimum atomic E-state index is -0.799. The Morgan fingerprint density at radius 3 is 1.16 bits per heavy atom. The lowest BCUT2D eigenvalue weighted by atomic mass is 9.70. The van der Waals surface area contributed by atoms with Crippen LogP contribution in [0.3, 0.4) is 0 Å². The van der Waals surface area contributed by atoms with Crippen LogP contribution in [0.2, 0.25) is 0 Å². The van der Waals surface area contributed by atoms with E-state index < -0.39 is 24.4 Å². The van der Waals surface area contributed by atoms with Gasteiger partial charge in [0.2, 0.25) is 0 Å². The Labute approximate surface area is 267 Å². The molecule has 0 saturated carbocycles. The van der Waals surface area contributed by atoms with Crippen LogP contribution >= 0.6 is 0 Å². The number of allylic oxidation sites excluding steroid dienone is 20. The van der Waals surface area contributed by atoms with Gasteiger partial charge in [0, 0.05) is 0 Å². The van der Waals surface area contributed by atoms with E-state index in [9.17, 15) is 20.4 Å². The molecule has 44 heavy (non-hydrogen) atoms. The van der Waals surface area contributed by atoms with Crippen LogP contribution < -0.4 is 0 Å². The van der Waals surface area contributed by atoms with Crippen molar-refractivity contribution < 1.29 is 20.4 Å². The summed E-state index contributed by atoms with van der Waals surface area (Å²) >= 11 is 0. The van der Waals surface area contributed by atoms with Crippen molar-refractivity contribution in [1.82, 2.24) is 0 Å². The molecule has 2 aliphatic rings. The topological polar surface area (TPSA) is 80.9 Å². The highest BCUT2D eigenvalue weighted by Gasteiger charge is 2.37. The summed E-state index contributed by atoms with van der Waals surface area (Å²) < 4.78 is 0. The maximum Gasteiger partial charge on any atom is 0.101 e. The summed E-state index contributed by atoms with van der Waals surface area (Å²) in [7, 11) is 0. The SMILES string of the molecule is CC1=C(/C=C/C(C)=C/C=C/C(C)=C/C=C/C=C(C)/C=C/C=C(C)/C=C/C2=C(C)[C@@H](O)[C@H](O)CC2(C)C)C(C)(C)C[C@@H](O)[C@@H]1O. The quantitative estimate of drug-likeness (QED) is 0.190. The van der Waals surface area contributed by atoms with E-state index in [-0.39, 0.29) is 10.8 Å². The fraction of sp³-hybridized carbons (Fsp3) is 0.450.